The summed E-state index contributed by atoms with van der Waals surface area (Å²) in [6, 6.07) is 14.4. The van der Waals surface area contributed by atoms with Crippen LogP contribution in [0, 0.1) is 0 Å². The molecule has 0 fully saturated rings. The number of fused-ring (bicyclic) bond motifs is 1. The van der Waals surface area contributed by atoms with Gasteiger partial charge in [-0.25, -0.2) is 0 Å². The van der Waals surface area contributed by atoms with E-state index >= 15 is 0 Å². The molecule has 0 atom stereocenters. The van der Waals surface area contributed by atoms with Crippen molar-refractivity contribution in [2.24, 2.45) is 5.73 Å². The van der Waals surface area contributed by atoms with E-state index in [-0.39, 0.29) is 0 Å². The quantitative estimate of drug-likeness (QED) is 0.784. The van der Waals surface area contributed by atoms with Crippen molar-refractivity contribution >= 4 is 11.0 Å². The smallest absolute Gasteiger partial charge is 0.141 e. The summed E-state index contributed by atoms with van der Waals surface area (Å²) >= 11 is 0. The summed E-state index contributed by atoms with van der Waals surface area (Å²) in [6.45, 7) is 1.12. The molecule has 0 aliphatic heterocycles. The summed E-state index contributed by atoms with van der Waals surface area (Å²) in [7, 11) is 1.70. The van der Waals surface area contributed by atoms with E-state index in [2.05, 4.69) is 24.3 Å². The van der Waals surface area contributed by atoms with Gasteiger partial charge in [-0.05, 0) is 41.0 Å². The van der Waals surface area contributed by atoms with Crippen molar-refractivity contribution in [1.29, 1.82) is 0 Å². The van der Waals surface area contributed by atoms with Crippen LogP contribution in [0.25, 0.3) is 22.1 Å². The number of furan rings is 1. The van der Waals surface area contributed by atoms with Crippen LogP contribution >= 0.6 is 0 Å². The average molecular weight is 267 g/mol. The van der Waals surface area contributed by atoms with Crippen LogP contribution in [0.3, 0.4) is 0 Å². The highest BCUT2D eigenvalue weighted by Gasteiger charge is 2.10. The van der Waals surface area contributed by atoms with Gasteiger partial charge in [0.2, 0.25) is 0 Å². The third-order valence-corrected chi connectivity index (χ3v) is 3.40. The normalized spacial score (nSPS) is 11.1. The second-order valence-electron chi connectivity index (χ2n) is 4.82. The zero-order chi connectivity index (χ0) is 13.9. The minimum Gasteiger partial charge on any atom is -0.464 e. The van der Waals surface area contributed by atoms with Crippen molar-refractivity contribution in [3.63, 3.8) is 0 Å². The number of methoxy groups -OCH3 is 1. The predicted molar refractivity (Wildman–Crippen MR) is 80.3 cm³/mol. The summed E-state index contributed by atoms with van der Waals surface area (Å²) in [6.07, 6.45) is 1.72. The minimum absolute atomic E-state index is 0.535. The molecule has 0 spiro atoms. The van der Waals surface area contributed by atoms with Gasteiger partial charge in [0.25, 0.3) is 0 Å². The van der Waals surface area contributed by atoms with Gasteiger partial charge in [-0.2, -0.15) is 0 Å². The number of ether oxygens (including phenoxy) is 1. The second kappa shape index (κ2) is 5.49. The lowest BCUT2D eigenvalue weighted by Gasteiger charge is -2.08. The van der Waals surface area contributed by atoms with Gasteiger partial charge >= 0.3 is 0 Å². The fourth-order valence-electron chi connectivity index (χ4n) is 2.47. The highest BCUT2D eigenvalue weighted by molar-refractivity contribution is 5.93. The van der Waals surface area contributed by atoms with Crippen molar-refractivity contribution in [2.75, 3.05) is 7.11 Å². The SMILES string of the molecule is COCc1cc(-c2cccc(CN)c2)c2occc2c1. The number of rotatable bonds is 4. The second-order valence-corrected chi connectivity index (χ2v) is 4.82. The summed E-state index contributed by atoms with van der Waals surface area (Å²) in [5, 5.41) is 1.09. The standard InChI is InChI=1S/C17H17NO2/c1-19-11-13-8-15-5-6-20-17(15)16(9-13)14-4-2-3-12(7-14)10-18/h2-9H,10-11,18H2,1H3. The summed E-state index contributed by atoms with van der Waals surface area (Å²) in [4.78, 5) is 0. The molecule has 3 nitrogen and oxygen atoms in total. The van der Waals surface area contributed by atoms with Crippen molar-refractivity contribution in [3.8, 4) is 11.1 Å². The number of nitrogens with two attached hydrogens (primary N) is 1. The van der Waals surface area contributed by atoms with Gasteiger partial charge < -0.3 is 14.9 Å². The third-order valence-electron chi connectivity index (χ3n) is 3.40. The van der Waals surface area contributed by atoms with Gasteiger partial charge in [-0.1, -0.05) is 18.2 Å². The molecule has 20 heavy (non-hydrogen) atoms. The lowest BCUT2D eigenvalue weighted by molar-refractivity contribution is 0.185. The Morgan fingerprint density at radius 3 is 2.80 bits per heavy atom. The summed E-state index contributed by atoms with van der Waals surface area (Å²) in [5.74, 6) is 0. The van der Waals surface area contributed by atoms with Crippen molar-refractivity contribution in [1.82, 2.24) is 0 Å². The molecule has 3 rings (SSSR count). The van der Waals surface area contributed by atoms with Crippen LogP contribution < -0.4 is 5.73 Å². The minimum atomic E-state index is 0.535. The van der Waals surface area contributed by atoms with E-state index in [1.54, 1.807) is 13.4 Å². The van der Waals surface area contributed by atoms with Crippen molar-refractivity contribution in [2.45, 2.75) is 13.2 Å². The largest absolute Gasteiger partial charge is 0.464 e. The molecular weight excluding hydrogens is 250 g/mol. The van der Waals surface area contributed by atoms with E-state index in [4.69, 9.17) is 14.9 Å². The fourth-order valence-corrected chi connectivity index (χ4v) is 2.47. The molecule has 0 aliphatic carbocycles. The Kier molecular flexibility index (Phi) is 3.54. The first kappa shape index (κ1) is 12.9. The Balaban J connectivity index is 2.19. The fraction of sp³-hybridized carbons (Fsp3) is 0.176. The molecule has 2 aromatic carbocycles. The van der Waals surface area contributed by atoms with Crippen LogP contribution in [0.5, 0.6) is 0 Å². The summed E-state index contributed by atoms with van der Waals surface area (Å²) < 4.78 is 10.9. The average Bonchev–Trinajstić information content (AvgIpc) is 2.95. The van der Waals surface area contributed by atoms with Crippen LogP contribution in [0.15, 0.2) is 53.1 Å². The first-order chi connectivity index (χ1) is 9.81. The van der Waals surface area contributed by atoms with Crippen LogP contribution in [0.4, 0.5) is 0 Å². The van der Waals surface area contributed by atoms with Gasteiger partial charge in [0.1, 0.15) is 5.58 Å². The zero-order valence-electron chi connectivity index (χ0n) is 11.4. The van der Waals surface area contributed by atoms with Gasteiger partial charge in [0.15, 0.2) is 0 Å². The maximum Gasteiger partial charge on any atom is 0.141 e. The molecule has 0 unspecified atom stereocenters. The summed E-state index contributed by atoms with van der Waals surface area (Å²) in [5.41, 5.74) is 11.1. The molecule has 102 valence electrons. The van der Waals surface area contributed by atoms with Crippen LogP contribution in [-0.4, -0.2) is 7.11 Å². The molecule has 0 saturated heterocycles. The van der Waals surface area contributed by atoms with E-state index in [1.807, 2.05) is 18.2 Å². The zero-order valence-corrected chi connectivity index (χ0v) is 11.4. The van der Waals surface area contributed by atoms with E-state index in [9.17, 15) is 0 Å². The molecule has 3 aromatic rings. The van der Waals surface area contributed by atoms with Gasteiger partial charge in [-0.15, -0.1) is 0 Å². The molecule has 1 heterocycles. The van der Waals surface area contributed by atoms with Crippen LogP contribution in [0.2, 0.25) is 0 Å². The van der Waals surface area contributed by atoms with Gasteiger partial charge in [0, 0.05) is 24.6 Å². The van der Waals surface area contributed by atoms with E-state index < -0.39 is 0 Å². The monoisotopic (exact) mass is 267 g/mol. The van der Waals surface area contributed by atoms with Gasteiger partial charge in [0.05, 0.1) is 12.9 Å². The predicted octanol–water partition coefficient (Wildman–Crippen LogP) is 3.70. The Bertz CT molecular complexity index is 731. The first-order valence-corrected chi connectivity index (χ1v) is 6.60. The van der Waals surface area contributed by atoms with Crippen molar-refractivity contribution < 1.29 is 9.15 Å². The maximum absolute atomic E-state index is 5.72. The molecule has 0 saturated carbocycles. The lowest BCUT2D eigenvalue weighted by Crippen LogP contribution is -1.96. The first-order valence-electron chi connectivity index (χ1n) is 6.60. The van der Waals surface area contributed by atoms with E-state index in [0.29, 0.717) is 13.2 Å². The molecule has 0 aliphatic rings. The lowest BCUT2D eigenvalue weighted by atomic mass is 9.99. The molecule has 0 bridgehead atoms. The molecule has 1 aromatic heterocycles. The number of hydrogen-bond acceptors (Lipinski definition) is 3. The Morgan fingerprint density at radius 2 is 2.00 bits per heavy atom. The Hall–Kier alpha value is -2.10. The number of benzene rings is 2. The van der Waals surface area contributed by atoms with Crippen LogP contribution in [0.1, 0.15) is 11.1 Å². The molecule has 2 N–H and O–H groups in total. The molecule has 3 heteroatoms. The molecule has 0 radical (unpaired) electrons. The van der Waals surface area contributed by atoms with Crippen molar-refractivity contribution in [3.05, 3.63) is 59.9 Å². The third kappa shape index (κ3) is 2.33. The number of hydrogen-bond donors (Lipinski definition) is 1. The molecule has 0 amide bonds. The maximum atomic E-state index is 5.72. The highest BCUT2D eigenvalue weighted by Crippen LogP contribution is 2.31. The van der Waals surface area contributed by atoms with Crippen LogP contribution in [-0.2, 0) is 17.9 Å². The highest BCUT2D eigenvalue weighted by atomic mass is 16.5. The van der Waals surface area contributed by atoms with E-state index in [0.717, 1.165) is 33.2 Å². The van der Waals surface area contributed by atoms with E-state index in [1.165, 1.54) is 0 Å². The molecular formula is C17H17NO2. The Labute approximate surface area is 118 Å². The Morgan fingerprint density at radius 1 is 1.10 bits per heavy atom. The van der Waals surface area contributed by atoms with Gasteiger partial charge in [-0.3, -0.25) is 0 Å². The topological polar surface area (TPSA) is 48.4 Å².